The van der Waals surface area contributed by atoms with Crippen LogP contribution in [-0.2, 0) is 14.3 Å². The summed E-state index contributed by atoms with van der Waals surface area (Å²) in [6.07, 6.45) is 3.54. The van der Waals surface area contributed by atoms with Gasteiger partial charge in [-0.15, -0.1) is 24.0 Å². The number of aliphatic imine (C=N–C) groups is 1. The molecule has 0 aromatic carbocycles. The van der Waals surface area contributed by atoms with Crippen LogP contribution < -0.4 is 16.0 Å². The molecule has 0 saturated heterocycles. The van der Waals surface area contributed by atoms with E-state index in [0.717, 1.165) is 31.6 Å². The number of hydrogen-bond acceptors (Lipinski definition) is 4. The summed E-state index contributed by atoms with van der Waals surface area (Å²) < 4.78 is 5.09. The van der Waals surface area contributed by atoms with Crippen LogP contribution in [0.15, 0.2) is 4.99 Å². The first-order chi connectivity index (χ1) is 11.5. The Morgan fingerprint density at radius 3 is 2.24 bits per heavy atom. The zero-order chi connectivity index (χ0) is 17.9. The van der Waals surface area contributed by atoms with E-state index in [-0.39, 0.29) is 47.7 Å². The Hall–Kier alpha value is -1.06. The monoisotopic (exact) mass is 468 g/mol. The maximum Gasteiger partial charge on any atom is 0.308 e. The third kappa shape index (κ3) is 9.27. The molecule has 25 heavy (non-hydrogen) atoms. The number of ether oxygens (including phenoxy) is 1. The fourth-order valence-corrected chi connectivity index (χ4v) is 2.69. The molecule has 1 saturated carbocycles. The summed E-state index contributed by atoms with van der Waals surface area (Å²) in [4.78, 5) is 27.4. The minimum absolute atomic E-state index is 0. The van der Waals surface area contributed by atoms with Crippen molar-refractivity contribution in [2.75, 3.05) is 26.7 Å². The lowest BCUT2D eigenvalue weighted by molar-refractivity contribution is -0.149. The van der Waals surface area contributed by atoms with Crippen LogP contribution >= 0.6 is 24.0 Å². The number of hydrogen-bond donors (Lipinski definition) is 3. The lowest BCUT2D eigenvalue weighted by Gasteiger charge is -2.29. The van der Waals surface area contributed by atoms with Crippen LogP contribution in [0.1, 0.15) is 46.5 Å². The van der Waals surface area contributed by atoms with Gasteiger partial charge in [0.2, 0.25) is 5.91 Å². The van der Waals surface area contributed by atoms with Crippen LogP contribution in [0, 0.1) is 11.8 Å². The standard InChI is InChI=1S/C17H32N4O3.HI/c1-5-24-16(23)13-6-8-14(9-7-13)21-17(18-4)20-11-10-19-15(22)12(2)3;/h12-14H,5-11H2,1-4H3,(H,19,22)(H2,18,20,21);1H. The molecule has 0 aliphatic heterocycles. The van der Waals surface area contributed by atoms with Crippen LogP contribution in [-0.4, -0.2) is 50.6 Å². The van der Waals surface area contributed by atoms with E-state index < -0.39 is 0 Å². The van der Waals surface area contributed by atoms with Gasteiger partial charge in [0, 0.05) is 32.1 Å². The van der Waals surface area contributed by atoms with Gasteiger partial charge in [-0.2, -0.15) is 0 Å². The molecule has 0 heterocycles. The first-order valence-electron chi connectivity index (χ1n) is 8.89. The lowest BCUT2D eigenvalue weighted by atomic mass is 9.86. The van der Waals surface area contributed by atoms with Crippen molar-refractivity contribution in [3.8, 4) is 0 Å². The number of amides is 1. The number of esters is 1. The smallest absolute Gasteiger partial charge is 0.308 e. The maximum atomic E-state index is 11.7. The second kappa shape index (κ2) is 13.2. The van der Waals surface area contributed by atoms with Gasteiger partial charge in [0.25, 0.3) is 0 Å². The van der Waals surface area contributed by atoms with E-state index in [0.29, 0.717) is 25.7 Å². The van der Waals surface area contributed by atoms with Crippen molar-refractivity contribution in [1.82, 2.24) is 16.0 Å². The molecule has 1 aliphatic carbocycles. The van der Waals surface area contributed by atoms with Gasteiger partial charge < -0.3 is 20.7 Å². The molecule has 0 unspecified atom stereocenters. The van der Waals surface area contributed by atoms with Gasteiger partial charge in [-0.3, -0.25) is 14.6 Å². The van der Waals surface area contributed by atoms with E-state index in [1.165, 1.54) is 0 Å². The lowest BCUT2D eigenvalue weighted by Crippen LogP contribution is -2.47. The number of carbonyl (C=O) groups is 2. The van der Waals surface area contributed by atoms with Crippen molar-refractivity contribution < 1.29 is 14.3 Å². The quantitative estimate of drug-likeness (QED) is 0.174. The van der Waals surface area contributed by atoms with E-state index in [4.69, 9.17) is 4.74 Å². The first kappa shape index (κ1) is 23.9. The average Bonchev–Trinajstić information content (AvgIpc) is 2.57. The summed E-state index contributed by atoms with van der Waals surface area (Å²) >= 11 is 0. The largest absolute Gasteiger partial charge is 0.466 e. The third-order valence-electron chi connectivity index (χ3n) is 4.15. The van der Waals surface area contributed by atoms with Crippen LogP contribution in [0.3, 0.4) is 0 Å². The molecule has 1 rings (SSSR count). The number of halogens is 1. The summed E-state index contributed by atoms with van der Waals surface area (Å²) in [5, 5.41) is 9.44. The molecule has 7 nitrogen and oxygen atoms in total. The Morgan fingerprint density at radius 2 is 1.72 bits per heavy atom. The molecular formula is C17H33IN4O3. The summed E-state index contributed by atoms with van der Waals surface area (Å²) in [6.45, 7) is 7.21. The van der Waals surface area contributed by atoms with E-state index in [2.05, 4.69) is 20.9 Å². The molecule has 0 spiro atoms. The Kier molecular flexibility index (Phi) is 12.6. The Morgan fingerprint density at radius 1 is 1.12 bits per heavy atom. The number of nitrogens with one attached hydrogen (secondary N) is 3. The Bertz CT molecular complexity index is 436. The minimum atomic E-state index is -0.0700. The number of carbonyl (C=O) groups excluding carboxylic acids is 2. The van der Waals surface area contributed by atoms with Gasteiger partial charge >= 0.3 is 5.97 Å². The highest BCUT2D eigenvalue weighted by Gasteiger charge is 2.27. The van der Waals surface area contributed by atoms with Crippen LogP contribution in [0.5, 0.6) is 0 Å². The molecule has 0 atom stereocenters. The summed E-state index contributed by atoms with van der Waals surface area (Å²) in [5.74, 6) is 0.742. The molecule has 0 radical (unpaired) electrons. The van der Waals surface area contributed by atoms with Gasteiger partial charge in [-0.1, -0.05) is 13.8 Å². The zero-order valence-corrected chi connectivity index (χ0v) is 18.1. The fourth-order valence-electron chi connectivity index (χ4n) is 2.69. The molecule has 1 amide bonds. The summed E-state index contributed by atoms with van der Waals surface area (Å²) in [6, 6.07) is 0.312. The minimum Gasteiger partial charge on any atom is -0.466 e. The highest BCUT2D eigenvalue weighted by Crippen LogP contribution is 2.25. The van der Waals surface area contributed by atoms with Gasteiger partial charge in [0.15, 0.2) is 5.96 Å². The summed E-state index contributed by atoms with van der Waals surface area (Å²) in [5.41, 5.74) is 0. The Balaban J connectivity index is 0.00000576. The van der Waals surface area contributed by atoms with Crippen molar-refractivity contribution in [2.45, 2.75) is 52.5 Å². The molecule has 8 heteroatoms. The number of guanidine groups is 1. The first-order valence-corrected chi connectivity index (χ1v) is 8.89. The van der Waals surface area contributed by atoms with E-state index in [1.807, 2.05) is 20.8 Å². The van der Waals surface area contributed by atoms with Gasteiger partial charge in [-0.05, 0) is 32.6 Å². The highest BCUT2D eigenvalue weighted by molar-refractivity contribution is 14.0. The predicted molar refractivity (Wildman–Crippen MR) is 110 cm³/mol. The molecular weight excluding hydrogens is 435 g/mol. The average molecular weight is 468 g/mol. The van der Waals surface area contributed by atoms with Crippen molar-refractivity contribution in [2.24, 2.45) is 16.8 Å². The zero-order valence-electron chi connectivity index (χ0n) is 15.8. The van der Waals surface area contributed by atoms with Gasteiger partial charge in [0.05, 0.1) is 12.5 Å². The van der Waals surface area contributed by atoms with Crippen molar-refractivity contribution in [3.63, 3.8) is 0 Å². The summed E-state index contributed by atoms with van der Waals surface area (Å²) in [7, 11) is 1.73. The number of nitrogens with zero attached hydrogens (tertiary/aromatic N) is 1. The van der Waals surface area contributed by atoms with Crippen molar-refractivity contribution in [1.29, 1.82) is 0 Å². The molecule has 146 valence electrons. The SMILES string of the molecule is CCOC(=O)C1CCC(NC(=NC)NCCNC(=O)C(C)C)CC1.I. The van der Waals surface area contributed by atoms with Gasteiger partial charge in [0.1, 0.15) is 0 Å². The second-order valence-corrected chi connectivity index (χ2v) is 6.39. The molecule has 3 N–H and O–H groups in total. The number of rotatable bonds is 7. The molecule has 1 fully saturated rings. The van der Waals surface area contributed by atoms with Crippen LogP contribution in [0.25, 0.3) is 0 Å². The van der Waals surface area contributed by atoms with Crippen molar-refractivity contribution >= 4 is 41.8 Å². The van der Waals surface area contributed by atoms with Gasteiger partial charge in [-0.25, -0.2) is 0 Å². The van der Waals surface area contributed by atoms with E-state index >= 15 is 0 Å². The molecule has 0 aromatic heterocycles. The maximum absolute atomic E-state index is 11.7. The normalized spacial score (nSPS) is 20.4. The molecule has 0 aromatic rings. The Labute approximate surface area is 168 Å². The fraction of sp³-hybridized carbons (Fsp3) is 0.824. The van der Waals surface area contributed by atoms with E-state index in [1.54, 1.807) is 7.05 Å². The second-order valence-electron chi connectivity index (χ2n) is 6.39. The van der Waals surface area contributed by atoms with Crippen molar-refractivity contribution in [3.05, 3.63) is 0 Å². The third-order valence-corrected chi connectivity index (χ3v) is 4.15. The van der Waals surface area contributed by atoms with E-state index in [9.17, 15) is 9.59 Å². The van der Waals surface area contributed by atoms with Crippen LogP contribution in [0.2, 0.25) is 0 Å². The predicted octanol–water partition coefficient (Wildman–Crippen LogP) is 1.66. The molecule has 0 bridgehead atoms. The van der Waals surface area contributed by atoms with Crippen LogP contribution in [0.4, 0.5) is 0 Å². The molecule has 1 aliphatic rings. The highest BCUT2D eigenvalue weighted by atomic mass is 127. The topological polar surface area (TPSA) is 91.8 Å².